The fourth-order valence-corrected chi connectivity index (χ4v) is 1.23. The highest BCUT2D eigenvalue weighted by Crippen LogP contribution is 2.20. The first-order chi connectivity index (χ1) is 7.77. The molecule has 0 aliphatic rings. The minimum Gasteiger partial charge on any atom is -0.383 e. The Bertz CT molecular complexity index is 196. The highest BCUT2D eigenvalue weighted by Gasteiger charge is 2.27. The van der Waals surface area contributed by atoms with Crippen LogP contribution in [0.4, 0.5) is 13.2 Å². The second-order valence-corrected chi connectivity index (χ2v) is 4.75. The first-order valence-corrected chi connectivity index (χ1v) is 5.61. The molecule has 0 fully saturated rings. The van der Waals surface area contributed by atoms with E-state index >= 15 is 0 Å². The van der Waals surface area contributed by atoms with E-state index in [4.69, 9.17) is 4.74 Å². The van der Waals surface area contributed by atoms with Gasteiger partial charge in [-0.2, -0.15) is 13.2 Å². The van der Waals surface area contributed by atoms with Crippen LogP contribution in [0.15, 0.2) is 0 Å². The fraction of sp³-hybridized carbons (Fsp3) is 1.00. The van der Waals surface area contributed by atoms with Crippen LogP contribution >= 0.6 is 0 Å². The van der Waals surface area contributed by atoms with E-state index in [0.717, 1.165) is 13.1 Å². The van der Waals surface area contributed by atoms with Crippen molar-refractivity contribution in [1.82, 2.24) is 5.32 Å². The molecule has 0 aromatic rings. The van der Waals surface area contributed by atoms with Crippen molar-refractivity contribution < 1.29 is 22.6 Å². The summed E-state index contributed by atoms with van der Waals surface area (Å²) in [4.78, 5) is 0. The van der Waals surface area contributed by atoms with Crippen LogP contribution < -0.4 is 5.32 Å². The number of rotatable bonds is 9. The maximum atomic E-state index is 11.8. The van der Waals surface area contributed by atoms with E-state index in [-0.39, 0.29) is 12.0 Å². The smallest absolute Gasteiger partial charge is 0.383 e. The number of ether oxygens (including phenoxy) is 2. The van der Waals surface area contributed by atoms with Gasteiger partial charge in [-0.15, -0.1) is 0 Å². The Hall–Kier alpha value is -0.330. The maximum absolute atomic E-state index is 11.8. The average Bonchev–Trinajstić information content (AvgIpc) is 2.18. The molecule has 0 heterocycles. The predicted molar refractivity (Wildman–Crippen MR) is 60.0 cm³/mol. The first-order valence-electron chi connectivity index (χ1n) is 5.61. The van der Waals surface area contributed by atoms with Crippen LogP contribution in [-0.2, 0) is 9.47 Å². The van der Waals surface area contributed by atoms with E-state index in [1.807, 2.05) is 13.8 Å². The molecule has 1 N–H and O–H groups in total. The molecule has 0 radical (unpaired) electrons. The lowest BCUT2D eigenvalue weighted by atomic mass is 9.90. The summed E-state index contributed by atoms with van der Waals surface area (Å²) in [5.41, 5.74) is -0.0840. The number of alkyl halides is 3. The Kier molecular flexibility index (Phi) is 7.74. The van der Waals surface area contributed by atoms with E-state index < -0.39 is 12.8 Å². The topological polar surface area (TPSA) is 30.5 Å². The molecular weight excluding hydrogens is 235 g/mol. The highest BCUT2D eigenvalue weighted by atomic mass is 19.4. The Morgan fingerprint density at radius 3 is 2.29 bits per heavy atom. The summed E-state index contributed by atoms with van der Waals surface area (Å²) in [6.45, 7) is 5.03. The van der Waals surface area contributed by atoms with E-state index in [9.17, 15) is 13.2 Å². The molecule has 0 amide bonds. The molecule has 0 aromatic heterocycles. The van der Waals surface area contributed by atoms with Crippen molar-refractivity contribution in [2.75, 3.05) is 40.0 Å². The Morgan fingerprint density at radius 1 is 1.12 bits per heavy atom. The lowest BCUT2D eigenvalue weighted by molar-refractivity contribution is -0.175. The van der Waals surface area contributed by atoms with Crippen LogP contribution in [0.25, 0.3) is 0 Å². The van der Waals surface area contributed by atoms with Gasteiger partial charge in [0.15, 0.2) is 0 Å². The summed E-state index contributed by atoms with van der Waals surface area (Å²) in [5.74, 6) is 0. The van der Waals surface area contributed by atoms with Gasteiger partial charge in [-0.1, -0.05) is 13.8 Å². The Morgan fingerprint density at radius 2 is 1.76 bits per heavy atom. The summed E-state index contributed by atoms with van der Waals surface area (Å²) in [7, 11) is 1.62. The van der Waals surface area contributed by atoms with E-state index in [2.05, 4.69) is 10.1 Å². The third-order valence-electron chi connectivity index (χ3n) is 2.28. The van der Waals surface area contributed by atoms with Gasteiger partial charge in [0.2, 0.25) is 0 Å². The molecule has 0 saturated carbocycles. The van der Waals surface area contributed by atoms with Gasteiger partial charge in [0.05, 0.1) is 6.61 Å². The zero-order chi connectivity index (χ0) is 13.4. The second-order valence-electron chi connectivity index (χ2n) is 4.75. The van der Waals surface area contributed by atoms with Gasteiger partial charge in [-0.05, 0) is 11.8 Å². The monoisotopic (exact) mass is 257 g/mol. The van der Waals surface area contributed by atoms with Crippen LogP contribution in [0.1, 0.15) is 20.3 Å². The summed E-state index contributed by atoms with van der Waals surface area (Å²) in [6, 6.07) is 0. The standard InChI is InChI=1S/C11H22F3NO2/c1-10(2,8-15-5-7-16-3)4-6-17-9-11(12,13)14/h15H,4-9H2,1-3H3. The Labute approximate surface area is 101 Å². The van der Waals surface area contributed by atoms with Gasteiger partial charge in [0.1, 0.15) is 6.61 Å². The predicted octanol–water partition coefficient (Wildman–Crippen LogP) is 2.22. The number of methoxy groups -OCH3 is 1. The van der Waals surface area contributed by atoms with Crippen molar-refractivity contribution in [3.63, 3.8) is 0 Å². The van der Waals surface area contributed by atoms with Crippen molar-refractivity contribution in [2.45, 2.75) is 26.4 Å². The minimum atomic E-state index is -4.24. The fourth-order valence-electron chi connectivity index (χ4n) is 1.23. The van der Waals surface area contributed by atoms with E-state index in [0.29, 0.717) is 13.0 Å². The molecule has 0 saturated heterocycles. The number of hydrogen-bond donors (Lipinski definition) is 1. The van der Waals surface area contributed by atoms with Crippen LogP contribution in [0.5, 0.6) is 0 Å². The van der Waals surface area contributed by atoms with E-state index in [1.54, 1.807) is 7.11 Å². The van der Waals surface area contributed by atoms with Crippen molar-refractivity contribution in [1.29, 1.82) is 0 Å². The zero-order valence-corrected chi connectivity index (χ0v) is 10.7. The molecule has 0 atom stereocenters. The third kappa shape index (κ3) is 11.9. The molecular formula is C11H22F3NO2. The summed E-state index contributed by atoms with van der Waals surface area (Å²) < 4.78 is 44.9. The maximum Gasteiger partial charge on any atom is 0.411 e. The molecule has 0 aliphatic heterocycles. The van der Waals surface area contributed by atoms with Gasteiger partial charge < -0.3 is 14.8 Å². The minimum absolute atomic E-state index is 0.0840. The van der Waals surface area contributed by atoms with Gasteiger partial charge in [0.25, 0.3) is 0 Å². The molecule has 0 unspecified atom stereocenters. The lowest BCUT2D eigenvalue weighted by Crippen LogP contribution is -2.32. The summed E-state index contributed by atoms with van der Waals surface area (Å²) in [6.07, 6.45) is -3.65. The largest absolute Gasteiger partial charge is 0.411 e. The van der Waals surface area contributed by atoms with Crippen LogP contribution in [0.3, 0.4) is 0 Å². The normalized spacial score (nSPS) is 13.1. The molecule has 0 aromatic carbocycles. The lowest BCUT2D eigenvalue weighted by Gasteiger charge is -2.25. The quantitative estimate of drug-likeness (QED) is 0.642. The second kappa shape index (κ2) is 7.89. The number of nitrogens with one attached hydrogen (secondary N) is 1. The number of halogens is 3. The molecule has 0 spiro atoms. The van der Waals surface area contributed by atoms with Gasteiger partial charge >= 0.3 is 6.18 Å². The molecule has 0 aliphatic carbocycles. The van der Waals surface area contributed by atoms with Crippen molar-refractivity contribution in [2.24, 2.45) is 5.41 Å². The first kappa shape index (κ1) is 16.7. The zero-order valence-electron chi connectivity index (χ0n) is 10.7. The highest BCUT2D eigenvalue weighted by molar-refractivity contribution is 4.71. The van der Waals surface area contributed by atoms with Crippen LogP contribution in [-0.4, -0.2) is 46.2 Å². The SMILES string of the molecule is COCCNCC(C)(C)CCOCC(F)(F)F. The molecule has 6 heteroatoms. The van der Waals surface area contributed by atoms with Crippen molar-refractivity contribution in [3.05, 3.63) is 0 Å². The third-order valence-corrected chi connectivity index (χ3v) is 2.28. The summed E-state index contributed by atoms with van der Waals surface area (Å²) >= 11 is 0. The molecule has 104 valence electrons. The van der Waals surface area contributed by atoms with Gasteiger partial charge in [0, 0.05) is 26.8 Å². The molecule has 0 bridgehead atoms. The summed E-state index contributed by atoms with van der Waals surface area (Å²) in [5, 5.41) is 3.18. The molecule has 3 nitrogen and oxygen atoms in total. The van der Waals surface area contributed by atoms with E-state index in [1.165, 1.54) is 0 Å². The van der Waals surface area contributed by atoms with Crippen LogP contribution in [0, 0.1) is 5.41 Å². The van der Waals surface area contributed by atoms with Crippen molar-refractivity contribution in [3.8, 4) is 0 Å². The average molecular weight is 257 g/mol. The van der Waals surface area contributed by atoms with Crippen molar-refractivity contribution >= 4 is 0 Å². The molecule has 17 heavy (non-hydrogen) atoms. The Balaban J connectivity index is 3.56. The molecule has 0 rings (SSSR count). The van der Waals surface area contributed by atoms with Crippen LogP contribution in [0.2, 0.25) is 0 Å². The number of hydrogen-bond acceptors (Lipinski definition) is 3. The van der Waals surface area contributed by atoms with Gasteiger partial charge in [-0.3, -0.25) is 0 Å². The van der Waals surface area contributed by atoms with Gasteiger partial charge in [-0.25, -0.2) is 0 Å².